The van der Waals surface area contributed by atoms with Gasteiger partial charge in [0, 0.05) is 16.6 Å². The fourth-order valence-electron chi connectivity index (χ4n) is 1.48. The molecule has 0 amide bonds. The lowest BCUT2D eigenvalue weighted by molar-refractivity contribution is 0.894. The number of thiazole rings is 1. The number of aryl methyl sites for hydroxylation is 1. The minimum absolute atomic E-state index is 0.791. The van der Waals surface area contributed by atoms with Crippen LogP contribution in [0.4, 0.5) is 5.69 Å². The number of nitrogen functional groups attached to an aromatic ring is 1. The molecule has 0 aliphatic heterocycles. The lowest BCUT2D eigenvalue weighted by atomic mass is 10.2. The van der Waals surface area contributed by atoms with Crippen molar-refractivity contribution < 1.29 is 0 Å². The molecule has 0 saturated heterocycles. The van der Waals surface area contributed by atoms with Gasteiger partial charge < -0.3 is 5.73 Å². The monoisotopic (exact) mass is 218 g/mol. The molecule has 2 N–H and O–H groups in total. The Morgan fingerprint density at radius 2 is 2.27 bits per heavy atom. The van der Waals surface area contributed by atoms with Crippen molar-refractivity contribution in [3.8, 4) is 10.6 Å². The number of aromatic nitrogens is 1. The number of nitrogens with zero attached hydrogens (tertiary/aromatic N) is 1. The van der Waals surface area contributed by atoms with E-state index in [-0.39, 0.29) is 0 Å². The lowest BCUT2D eigenvalue weighted by Crippen LogP contribution is -1.86. The highest BCUT2D eigenvalue weighted by Crippen LogP contribution is 2.25. The highest BCUT2D eigenvalue weighted by atomic mass is 32.1. The Hall–Kier alpha value is -1.35. The van der Waals surface area contributed by atoms with Crippen molar-refractivity contribution in [3.05, 3.63) is 35.3 Å². The van der Waals surface area contributed by atoms with Crippen LogP contribution in [-0.2, 0) is 6.42 Å². The third kappa shape index (κ3) is 2.36. The van der Waals surface area contributed by atoms with Crippen molar-refractivity contribution in [1.29, 1.82) is 0 Å². The van der Waals surface area contributed by atoms with Gasteiger partial charge in [0.2, 0.25) is 0 Å². The highest BCUT2D eigenvalue weighted by Gasteiger charge is 2.03. The van der Waals surface area contributed by atoms with Crippen LogP contribution < -0.4 is 5.73 Å². The topological polar surface area (TPSA) is 38.9 Å². The zero-order chi connectivity index (χ0) is 10.7. The predicted molar refractivity (Wildman–Crippen MR) is 66.0 cm³/mol. The number of hydrogen-bond acceptors (Lipinski definition) is 3. The van der Waals surface area contributed by atoms with Gasteiger partial charge >= 0.3 is 0 Å². The van der Waals surface area contributed by atoms with Gasteiger partial charge in [-0.05, 0) is 18.6 Å². The molecule has 2 rings (SSSR count). The Balaban J connectivity index is 2.29. The number of rotatable bonds is 3. The first-order valence-electron chi connectivity index (χ1n) is 5.10. The maximum absolute atomic E-state index is 5.74. The van der Waals surface area contributed by atoms with Crippen molar-refractivity contribution in [3.63, 3.8) is 0 Å². The largest absolute Gasteiger partial charge is 0.399 e. The van der Waals surface area contributed by atoms with Crippen LogP contribution in [-0.4, -0.2) is 4.98 Å². The van der Waals surface area contributed by atoms with Crippen LogP contribution in [0.25, 0.3) is 10.6 Å². The molecule has 0 aliphatic rings. The van der Waals surface area contributed by atoms with Crippen molar-refractivity contribution in [2.45, 2.75) is 19.8 Å². The average molecular weight is 218 g/mol. The molecule has 78 valence electrons. The summed E-state index contributed by atoms with van der Waals surface area (Å²) in [6, 6.07) is 7.87. The van der Waals surface area contributed by atoms with Crippen LogP contribution in [0.1, 0.15) is 19.0 Å². The summed E-state index contributed by atoms with van der Waals surface area (Å²) in [7, 11) is 0. The molecule has 0 unspecified atom stereocenters. The van der Waals surface area contributed by atoms with E-state index in [0.29, 0.717) is 0 Å². The second kappa shape index (κ2) is 4.45. The smallest absolute Gasteiger partial charge is 0.123 e. The lowest BCUT2D eigenvalue weighted by Gasteiger charge is -1.97. The zero-order valence-electron chi connectivity index (χ0n) is 8.73. The third-order valence-electron chi connectivity index (χ3n) is 2.19. The van der Waals surface area contributed by atoms with E-state index in [0.717, 1.165) is 29.1 Å². The van der Waals surface area contributed by atoms with E-state index in [4.69, 9.17) is 5.73 Å². The van der Waals surface area contributed by atoms with Crippen LogP contribution in [0.15, 0.2) is 29.6 Å². The number of anilines is 1. The van der Waals surface area contributed by atoms with E-state index in [1.165, 1.54) is 5.69 Å². The van der Waals surface area contributed by atoms with Gasteiger partial charge in [0.05, 0.1) is 5.69 Å². The Morgan fingerprint density at radius 3 is 3.00 bits per heavy atom. The summed E-state index contributed by atoms with van der Waals surface area (Å²) in [5.41, 5.74) is 8.82. The quantitative estimate of drug-likeness (QED) is 0.802. The van der Waals surface area contributed by atoms with Gasteiger partial charge in [0.1, 0.15) is 5.01 Å². The summed E-state index contributed by atoms with van der Waals surface area (Å²) in [6.07, 6.45) is 2.19. The van der Waals surface area contributed by atoms with Gasteiger partial charge in [-0.25, -0.2) is 4.98 Å². The minimum atomic E-state index is 0.791. The second-order valence-electron chi connectivity index (χ2n) is 3.52. The first-order chi connectivity index (χ1) is 7.29. The molecule has 0 atom stereocenters. The molecule has 1 heterocycles. The fourth-order valence-corrected chi connectivity index (χ4v) is 2.33. The average Bonchev–Trinajstić information content (AvgIpc) is 2.67. The first kappa shape index (κ1) is 10.2. The standard InChI is InChI=1S/C12H14N2S/c1-2-4-11-8-15-12(14-11)9-5-3-6-10(13)7-9/h3,5-8H,2,4,13H2,1H3. The number of hydrogen-bond donors (Lipinski definition) is 1. The normalized spacial score (nSPS) is 10.5. The number of benzene rings is 1. The van der Waals surface area contributed by atoms with Crippen molar-refractivity contribution in [1.82, 2.24) is 4.98 Å². The van der Waals surface area contributed by atoms with Crippen LogP contribution in [0.2, 0.25) is 0 Å². The van der Waals surface area contributed by atoms with Gasteiger partial charge in [0.15, 0.2) is 0 Å². The zero-order valence-corrected chi connectivity index (χ0v) is 9.55. The summed E-state index contributed by atoms with van der Waals surface area (Å²) in [5, 5.41) is 3.19. The summed E-state index contributed by atoms with van der Waals surface area (Å²) >= 11 is 1.68. The molecule has 2 nitrogen and oxygen atoms in total. The van der Waals surface area contributed by atoms with E-state index in [9.17, 15) is 0 Å². The molecule has 3 heteroatoms. The van der Waals surface area contributed by atoms with E-state index in [1.807, 2.05) is 24.3 Å². The molecule has 0 fully saturated rings. The SMILES string of the molecule is CCCc1csc(-c2cccc(N)c2)n1. The molecule has 0 spiro atoms. The molecule has 0 bridgehead atoms. The van der Waals surface area contributed by atoms with Gasteiger partial charge in [-0.15, -0.1) is 11.3 Å². The fraction of sp³-hybridized carbons (Fsp3) is 0.250. The van der Waals surface area contributed by atoms with Gasteiger partial charge in [0.25, 0.3) is 0 Å². The molecule has 0 radical (unpaired) electrons. The van der Waals surface area contributed by atoms with Crippen LogP contribution in [0, 0.1) is 0 Å². The van der Waals surface area contributed by atoms with Gasteiger partial charge in [-0.2, -0.15) is 0 Å². The summed E-state index contributed by atoms with van der Waals surface area (Å²) in [5.74, 6) is 0. The molecule has 2 aromatic rings. The van der Waals surface area contributed by atoms with Crippen LogP contribution >= 0.6 is 11.3 Å². The first-order valence-corrected chi connectivity index (χ1v) is 5.98. The van der Waals surface area contributed by atoms with Crippen molar-refractivity contribution in [2.24, 2.45) is 0 Å². The highest BCUT2D eigenvalue weighted by molar-refractivity contribution is 7.13. The second-order valence-corrected chi connectivity index (χ2v) is 4.38. The summed E-state index contributed by atoms with van der Waals surface area (Å²) in [6.45, 7) is 2.17. The summed E-state index contributed by atoms with van der Waals surface area (Å²) < 4.78 is 0. The van der Waals surface area contributed by atoms with Crippen LogP contribution in [0.3, 0.4) is 0 Å². The van der Waals surface area contributed by atoms with E-state index >= 15 is 0 Å². The Labute approximate surface area is 93.8 Å². The molecule has 1 aromatic heterocycles. The molecule has 0 aliphatic carbocycles. The maximum atomic E-state index is 5.74. The Kier molecular flexibility index (Phi) is 3.02. The molecular weight excluding hydrogens is 204 g/mol. The van der Waals surface area contributed by atoms with Gasteiger partial charge in [-0.3, -0.25) is 0 Å². The third-order valence-corrected chi connectivity index (χ3v) is 3.13. The van der Waals surface area contributed by atoms with E-state index < -0.39 is 0 Å². The van der Waals surface area contributed by atoms with E-state index in [2.05, 4.69) is 17.3 Å². The molecular formula is C12H14N2S. The minimum Gasteiger partial charge on any atom is -0.399 e. The molecule has 1 aromatic carbocycles. The van der Waals surface area contributed by atoms with Crippen molar-refractivity contribution >= 4 is 17.0 Å². The Bertz CT molecular complexity index is 448. The molecule has 0 saturated carbocycles. The maximum Gasteiger partial charge on any atom is 0.123 e. The predicted octanol–water partition coefficient (Wildman–Crippen LogP) is 3.34. The summed E-state index contributed by atoms with van der Waals surface area (Å²) in [4.78, 5) is 4.57. The van der Waals surface area contributed by atoms with Crippen LogP contribution in [0.5, 0.6) is 0 Å². The van der Waals surface area contributed by atoms with Gasteiger partial charge in [-0.1, -0.05) is 25.5 Å². The van der Waals surface area contributed by atoms with E-state index in [1.54, 1.807) is 11.3 Å². The Morgan fingerprint density at radius 1 is 1.40 bits per heavy atom. The van der Waals surface area contributed by atoms with Crippen molar-refractivity contribution in [2.75, 3.05) is 5.73 Å². The number of nitrogens with two attached hydrogens (primary N) is 1. The molecule has 15 heavy (non-hydrogen) atoms.